The first-order valence-electron chi connectivity index (χ1n) is 7.81. The largest absolute Gasteiger partial charge is 0.491 e. The van der Waals surface area contributed by atoms with E-state index in [0.29, 0.717) is 41.9 Å². The third kappa shape index (κ3) is 2.76. The summed E-state index contributed by atoms with van der Waals surface area (Å²) in [6.45, 7) is 0.635. The number of hydrogen-bond donors (Lipinski definition) is 1. The number of carboxylic acid groups (broad SMARTS) is 1. The smallest absolute Gasteiger partial charge is 0.314 e. The Bertz CT molecular complexity index is 574. The van der Waals surface area contributed by atoms with Gasteiger partial charge < -0.3 is 14.6 Å². The molecule has 2 aliphatic rings. The van der Waals surface area contributed by atoms with Gasteiger partial charge in [0.1, 0.15) is 0 Å². The second-order valence-corrected chi connectivity index (χ2v) is 6.75. The lowest BCUT2D eigenvalue weighted by atomic mass is 9.79. The summed E-state index contributed by atoms with van der Waals surface area (Å²) in [5.74, 6) is 0.875. The molecule has 0 bridgehead atoms. The van der Waals surface area contributed by atoms with E-state index >= 15 is 0 Å². The first-order valence-corrected chi connectivity index (χ1v) is 8.19. The number of methoxy groups -OCH3 is 1. The molecular weight excluding hydrogens is 304 g/mol. The Morgan fingerprint density at radius 3 is 2.59 bits per heavy atom. The fraction of sp³-hybridized carbons (Fsp3) is 0.588. The van der Waals surface area contributed by atoms with Crippen molar-refractivity contribution in [1.82, 2.24) is 0 Å². The van der Waals surface area contributed by atoms with E-state index in [2.05, 4.69) is 0 Å². The molecule has 0 heterocycles. The maximum Gasteiger partial charge on any atom is 0.314 e. The van der Waals surface area contributed by atoms with Crippen LogP contribution in [0.25, 0.3) is 0 Å². The van der Waals surface area contributed by atoms with Gasteiger partial charge >= 0.3 is 5.97 Å². The van der Waals surface area contributed by atoms with Crippen molar-refractivity contribution < 1.29 is 19.4 Å². The summed E-state index contributed by atoms with van der Waals surface area (Å²) in [5.41, 5.74) is -0.109. The van der Waals surface area contributed by atoms with Crippen LogP contribution in [0.1, 0.15) is 44.1 Å². The van der Waals surface area contributed by atoms with Crippen LogP contribution in [0.5, 0.6) is 11.5 Å². The average molecular weight is 325 g/mol. The van der Waals surface area contributed by atoms with Crippen LogP contribution in [0.4, 0.5) is 0 Å². The van der Waals surface area contributed by atoms with Crippen LogP contribution >= 0.6 is 11.6 Å². The molecule has 0 amide bonds. The van der Waals surface area contributed by atoms with Gasteiger partial charge in [0.2, 0.25) is 0 Å². The van der Waals surface area contributed by atoms with Gasteiger partial charge in [0.15, 0.2) is 11.5 Å². The molecule has 1 N–H and O–H groups in total. The van der Waals surface area contributed by atoms with E-state index in [1.54, 1.807) is 13.2 Å². The molecule has 5 heteroatoms. The summed E-state index contributed by atoms with van der Waals surface area (Å²) in [4.78, 5) is 11.9. The van der Waals surface area contributed by atoms with E-state index in [0.717, 1.165) is 18.4 Å². The van der Waals surface area contributed by atoms with Gasteiger partial charge in [-0.15, -0.1) is 0 Å². The molecule has 0 saturated heterocycles. The van der Waals surface area contributed by atoms with Crippen LogP contribution in [0.2, 0.25) is 5.02 Å². The lowest BCUT2D eigenvalue weighted by Gasteiger charge is -2.26. The number of rotatable bonds is 6. The highest BCUT2D eigenvalue weighted by molar-refractivity contribution is 6.32. The van der Waals surface area contributed by atoms with Crippen molar-refractivity contribution in [2.75, 3.05) is 13.7 Å². The minimum absolute atomic E-state index is 0.415. The standard InChI is InChI=1S/C17H21ClO4/c1-21-15-13(18)8-12(9-14(15)22-10-11-4-5-11)17(16(19)20)6-2-3-7-17/h8-9,11H,2-7,10H2,1H3,(H,19,20). The Morgan fingerprint density at radius 2 is 2.05 bits per heavy atom. The second kappa shape index (κ2) is 5.99. The number of aliphatic carboxylic acids is 1. The summed E-state index contributed by atoms with van der Waals surface area (Å²) in [6, 6.07) is 3.54. The molecule has 0 radical (unpaired) electrons. The van der Waals surface area contributed by atoms with E-state index in [1.807, 2.05) is 6.07 Å². The lowest BCUT2D eigenvalue weighted by Crippen LogP contribution is -2.32. The molecule has 2 saturated carbocycles. The molecule has 0 unspecified atom stereocenters. The zero-order chi connectivity index (χ0) is 15.7. The summed E-state index contributed by atoms with van der Waals surface area (Å²) in [6.07, 6.45) is 5.52. The third-order valence-electron chi connectivity index (χ3n) is 4.80. The fourth-order valence-corrected chi connectivity index (χ4v) is 3.53. The second-order valence-electron chi connectivity index (χ2n) is 6.34. The fourth-order valence-electron chi connectivity index (χ4n) is 3.25. The van der Waals surface area contributed by atoms with Crippen LogP contribution in [-0.4, -0.2) is 24.8 Å². The van der Waals surface area contributed by atoms with Gasteiger partial charge in [-0.05, 0) is 49.3 Å². The Hall–Kier alpha value is -1.42. The molecule has 22 heavy (non-hydrogen) atoms. The molecule has 1 aromatic rings. The SMILES string of the molecule is COc1c(Cl)cc(C2(C(=O)O)CCCC2)cc1OCC1CC1. The monoisotopic (exact) mass is 324 g/mol. The summed E-state index contributed by atoms with van der Waals surface area (Å²) in [7, 11) is 1.55. The maximum absolute atomic E-state index is 11.9. The van der Waals surface area contributed by atoms with Crippen LogP contribution in [0.3, 0.4) is 0 Å². The number of hydrogen-bond acceptors (Lipinski definition) is 3. The number of carboxylic acids is 1. The molecule has 1 aromatic carbocycles. The van der Waals surface area contributed by atoms with E-state index in [4.69, 9.17) is 21.1 Å². The van der Waals surface area contributed by atoms with Crippen molar-refractivity contribution >= 4 is 17.6 Å². The van der Waals surface area contributed by atoms with Crippen molar-refractivity contribution in [3.63, 3.8) is 0 Å². The van der Waals surface area contributed by atoms with Gasteiger partial charge in [-0.25, -0.2) is 0 Å². The van der Waals surface area contributed by atoms with E-state index in [-0.39, 0.29) is 0 Å². The van der Waals surface area contributed by atoms with E-state index in [9.17, 15) is 9.90 Å². The number of ether oxygens (including phenoxy) is 2. The summed E-state index contributed by atoms with van der Waals surface area (Å²) in [5, 5.41) is 10.2. The number of benzene rings is 1. The van der Waals surface area contributed by atoms with Crippen LogP contribution in [-0.2, 0) is 10.2 Å². The first kappa shape index (κ1) is 15.5. The number of halogens is 1. The summed E-state index contributed by atoms with van der Waals surface area (Å²) >= 11 is 6.31. The Labute approximate surface area is 135 Å². The zero-order valence-corrected chi connectivity index (χ0v) is 13.5. The van der Waals surface area contributed by atoms with E-state index in [1.165, 1.54) is 12.8 Å². The van der Waals surface area contributed by atoms with Crippen LogP contribution in [0.15, 0.2) is 12.1 Å². The average Bonchev–Trinajstić information content (AvgIpc) is 3.18. The van der Waals surface area contributed by atoms with Gasteiger partial charge in [-0.1, -0.05) is 24.4 Å². The molecule has 0 atom stereocenters. The van der Waals surface area contributed by atoms with Crippen molar-refractivity contribution in [2.24, 2.45) is 5.92 Å². The minimum atomic E-state index is -0.840. The molecule has 120 valence electrons. The van der Waals surface area contributed by atoms with Gasteiger partial charge in [0.25, 0.3) is 0 Å². The molecule has 2 aliphatic carbocycles. The Kier molecular flexibility index (Phi) is 4.22. The molecule has 2 fully saturated rings. The van der Waals surface area contributed by atoms with Gasteiger partial charge in [-0.3, -0.25) is 4.79 Å². The minimum Gasteiger partial charge on any atom is -0.491 e. The zero-order valence-electron chi connectivity index (χ0n) is 12.7. The molecule has 0 aliphatic heterocycles. The normalized spacial score (nSPS) is 19.9. The van der Waals surface area contributed by atoms with Crippen molar-refractivity contribution in [3.8, 4) is 11.5 Å². The van der Waals surface area contributed by atoms with Gasteiger partial charge in [0.05, 0.1) is 24.2 Å². The van der Waals surface area contributed by atoms with E-state index < -0.39 is 11.4 Å². The lowest BCUT2D eigenvalue weighted by molar-refractivity contribution is -0.143. The predicted octanol–water partition coefficient (Wildman–Crippen LogP) is 4.03. The molecule has 4 nitrogen and oxygen atoms in total. The highest BCUT2D eigenvalue weighted by Gasteiger charge is 2.43. The molecular formula is C17H21ClO4. The highest BCUT2D eigenvalue weighted by Crippen LogP contribution is 2.46. The highest BCUT2D eigenvalue weighted by atomic mass is 35.5. The first-order chi connectivity index (χ1) is 10.6. The van der Waals surface area contributed by atoms with Crippen molar-refractivity contribution in [1.29, 1.82) is 0 Å². The molecule has 3 rings (SSSR count). The molecule has 0 spiro atoms. The van der Waals surface area contributed by atoms with Gasteiger partial charge in [-0.2, -0.15) is 0 Å². The Balaban J connectivity index is 1.98. The maximum atomic E-state index is 11.9. The summed E-state index contributed by atoms with van der Waals surface area (Å²) < 4.78 is 11.2. The van der Waals surface area contributed by atoms with Crippen LogP contribution in [0, 0.1) is 5.92 Å². The Morgan fingerprint density at radius 1 is 1.36 bits per heavy atom. The van der Waals surface area contributed by atoms with Crippen molar-refractivity contribution in [3.05, 3.63) is 22.7 Å². The third-order valence-corrected chi connectivity index (χ3v) is 5.08. The van der Waals surface area contributed by atoms with Crippen LogP contribution < -0.4 is 9.47 Å². The topological polar surface area (TPSA) is 55.8 Å². The number of carbonyl (C=O) groups is 1. The van der Waals surface area contributed by atoms with Gasteiger partial charge in [0, 0.05) is 0 Å². The quantitative estimate of drug-likeness (QED) is 0.858. The van der Waals surface area contributed by atoms with Crippen molar-refractivity contribution in [2.45, 2.75) is 43.9 Å². The predicted molar refractivity (Wildman–Crippen MR) is 84.0 cm³/mol. The molecule has 0 aromatic heterocycles.